The van der Waals surface area contributed by atoms with Crippen LogP contribution in [0.25, 0.3) is 0 Å². The maximum Gasteiger partial charge on any atom is 0.225 e. The van der Waals surface area contributed by atoms with E-state index in [0.29, 0.717) is 11.4 Å². The highest BCUT2D eigenvalue weighted by atomic mass is 35.5. The molecule has 2 aromatic rings. The van der Waals surface area contributed by atoms with E-state index in [4.69, 9.17) is 17.3 Å². The van der Waals surface area contributed by atoms with Gasteiger partial charge in [0.15, 0.2) is 11.5 Å². The van der Waals surface area contributed by atoms with Crippen LogP contribution < -0.4 is 11.1 Å². The van der Waals surface area contributed by atoms with Gasteiger partial charge in [-0.15, -0.1) is 0 Å². The quantitative estimate of drug-likeness (QED) is 0.649. The van der Waals surface area contributed by atoms with Gasteiger partial charge in [-0.2, -0.15) is 0 Å². The van der Waals surface area contributed by atoms with Crippen molar-refractivity contribution in [2.24, 2.45) is 16.1 Å². The molecule has 24 heavy (non-hydrogen) atoms. The molecule has 1 aromatic heterocycles. The Kier molecular flexibility index (Phi) is 5.18. The molecular formula is C15H17ClFN5O2. The van der Waals surface area contributed by atoms with E-state index in [-0.39, 0.29) is 29.0 Å². The molecule has 3 N–H and O–H groups in total. The molecule has 0 aliphatic heterocycles. The highest BCUT2D eigenvalue weighted by molar-refractivity contribution is 6.31. The predicted octanol–water partition coefficient (Wildman–Crippen LogP) is 2.56. The van der Waals surface area contributed by atoms with Crippen LogP contribution in [0.5, 0.6) is 0 Å². The highest BCUT2D eigenvalue weighted by Crippen LogP contribution is 2.22. The van der Waals surface area contributed by atoms with Crippen molar-refractivity contribution in [2.75, 3.05) is 0 Å². The Balaban J connectivity index is 2.17. The van der Waals surface area contributed by atoms with Crippen molar-refractivity contribution in [2.45, 2.75) is 27.3 Å². The largest absolute Gasteiger partial charge is 0.382 e. The SMILES string of the molecule is CC(C)(C)C(=O)NCc1nonc1C(N)=Nc1ccc(F)c(Cl)c1. The Morgan fingerprint density at radius 2 is 2.12 bits per heavy atom. The smallest absolute Gasteiger partial charge is 0.225 e. The Morgan fingerprint density at radius 3 is 2.75 bits per heavy atom. The molecule has 1 aromatic carbocycles. The second-order valence-electron chi connectivity index (χ2n) is 6.09. The van der Waals surface area contributed by atoms with Crippen molar-refractivity contribution in [1.29, 1.82) is 0 Å². The number of amides is 1. The summed E-state index contributed by atoms with van der Waals surface area (Å²) in [6, 6.07) is 3.93. The molecule has 0 aliphatic rings. The summed E-state index contributed by atoms with van der Waals surface area (Å²) in [5.74, 6) is -0.695. The third-order valence-corrected chi connectivity index (χ3v) is 3.34. The van der Waals surface area contributed by atoms with Gasteiger partial charge in [0.05, 0.1) is 17.3 Å². The average molecular weight is 354 g/mol. The maximum absolute atomic E-state index is 13.2. The van der Waals surface area contributed by atoms with Gasteiger partial charge in [-0.1, -0.05) is 37.5 Å². The molecule has 0 aliphatic carbocycles. The van der Waals surface area contributed by atoms with Crippen molar-refractivity contribution in [3.63, 3.8) is 0 Å². The Bertz CT molecular complexity index is 782. The molecule has 0 spiro atoms. The first-order valence-electron chi connectivity index (χ1n) is 7.08. The minimum atomic E-state index is -0.553. The van der Waals surface area contributed by atoms with Gasteiger partial charge in [0.1, 0.15) is 11.5 Å². The van der Waals surface area contributed by atoms with Crippen molar-refractivity contribution < 1.29 is 13.8 Å². The number of nitrogens with zero attached hydrogens (tertiary/aromatic N) is 3. The Hall–Kier alpha value is -2.48. The number of rotatable bonds is 4. The lowest BCUT2D eigenvalue weighted by atomic mass is 9.96. The molecule has 1 amide bonds. The van der Waals surface area contributed by atoms with E-state index in [0.717, 1.165) is 0 Å². The van der Waals surface area contributed by atoms with Crippen LogP contribution >= 0.6 is 11.6 Å². The summed E-state index contributed by atoms with van der Waals surface area (Å²) in [5.41, 5.74) is 6.24. The summed E-state index contributed by atoms with van der Waals surface area (Å²) in [5, 5.41) is 10.1. The molecule has 7 nitrogen and oxygen atoms in total. The fraction of sp³-hybridized carbons (Fsp3) is 0.333. The molecule has 0 radical (unpaired) electrons. The number of hydrogen-bond acceptors (Lipinski definition) is 5. The average Bonchev–Trinajstić information content (AvgIpc) is 2.96. The van der Waals surface area contributed by atoms with Gasteiger partial charge in [0.2, 0.25) is 5.91 Å². The number of hydrogen-bond donors (Lipinski definition) is 2. The number of aliphatic imine (C=N–C) groups is 1. The zero-order valence-electron chi connectivity index (χ0n) is 13.4. The lowest BCUT2D eigenvalue weighted by Crippen LogP contribution is -2.34. The van der Waals surface area contributed by atoms with Crippen molar-refractivity contribution in [1.82, 2.24) is 15.6 Å². The van der Waals surface area contributed by atoms with Crippen LogP contribution in [-0.4, -0.2) is 22.1 Å². The molecule has 0 atom stereocenters. The molecule has 0 bridgehead atoms. The van der Waals surface area contributed by atoms with E-state index in [1.807, 2.05) is 0 Å². The molecular weight excluding hydrogens is 337 g/mol. The third kappa shape index (κ3) is 4.29. The predicted molar refractivity (Wildman–Crippen MR) is 87.4 cm³/mol. The fourth-order valence-electron chi connectivity index (χ4n) is 1.69. The van der Waals surface area contributed by atoms with Crippen molar-refractivity contribution in [3.8, 4) is 0 Å². The lowest BCUT2D eigenvalue weighted by Gasteiger charge is -2.16. The topological polar surface area (TPSA) is 106 Å². The second-order valence-corrected chi connectivity index (χ2v) is 6.49. The van der Waals surface area contributed by atoms with Gasteiger partial charge in [-0.25, -0.2) is 14.0 Å². The number of nitrogens with two attached hydrogens (primary N) is 1. The van der Waals surface area contributed by atoms with E-state index in [9.17, 15) is 9.18 Å². The molecule has 9 heteroatoms. The number of aromatic nitrogens is 2. The maximum atomic E-state index is 13.2. The molecule has 1 heterocycles. The zero-order chi connectivity index (χ0) is 17.9. The highest BCUT2D eigenvalue weighted by Gasteiger charge is 2.22. The molecule has 0 saturated carbocycles. The first-order chi connectivity index (χ1) is 11.2. The van der Waals surface area contributed by atoms with Crippen molar-refractivity contribution >= 4 is 29.0 Å². The van der Waals surface area contributed by atoms with Gasteiger partial charge in [-0.3, -0.25) is 4.79 Å². The van der Waals surface area contributed by atoms with Gasteiger partial charge < -0.3 is 11.1 Å². The normalized spacial score (nSPS) is 12.3. The Morgan fingerprint density at radius 1 is 1.42 bits per heavy atom. The van der Waals surface area contributed by atoms with Crippen LogP contribution in [0, 0.1) is 11.2 Å². The first kappa shape index (κ1) is 17.9. The first-order valence-corrected chi connectivity index (χ1v) is 7.45. The van der Waals surface area contributed by atoms with Gasteiger partial charge in [0.25, 0.3) is 0 Å². The van der Waals surface area contributed by atoms with Crippen LogP contribution in [0.15, 0.2) is 27.8 Å². The van der Waals surface area contributed by atoms with E-state index in [1.165, 1.54) is 18.2 Å². The minimum Gasteiger partial charge on any atom is -0.382 e. The Labute approximate surface area is 143 Å². The van der Waals surface area contributed by atoms with Gasteiger partial charge in [0, 0.05) is 5.41 Å². The van der Waals surface area contributed by atoms with Gasteiger partial charge >= 0.3 is 0 Å². The lowest BCUT2D eigenvalue weighted by molar-refractivity contribution is -0.128. The standard InChI is InChI=1S/C15H17ClFN5O2/c1-15(2,3)14(23)19-7-11-12(22-24-21-11)13(18)20-8-4-5-10(17)9(16)6-8/h4-6H,7H2,1-3H3,(H2,18,20)(H,19,23). The molecule has 0 saturated heterocycles. The molecule has 128 valence electrons. The summed E-state index contributed by atoms with van der Waals surface area (Å²) in [6.45, 7) is 5.46. The number of carbonyl (C=O) groups is 1. The van der Waals surface area contributed by atoms with E-state index in [2.05, 4.69) is 25.3 Å². The summed E-state index contributed by atoms with van der Waals surface area (Å²) in [4.78, 5) is 16.0. The minimum absolute atomic E-state index is 0.0129. The number of halogens is 2. The molecule has 2 rings (SSSR count). The van der Waals surface area contributed by atoms with Crippen molar-refractivity contribution in [3.05, 3.63) is 40.4 Å². The van der Waals surface area contributed by atoms with Crippen LogP contribution in [-0.2, 0) is 11.3 Å². The van der Waals surface area contributed by atoms with E-state index < -0.39 is 11.2 Å². The monoisotopic (exact) mass is 353 g/mol. The molecule has 0 fully saturated rings. The molecule has 0 unspecified atom stereocenters. The van der Waals surface area contributed by atoms with Crippen LogP contribution in [0.1, 0.15) is 32.2 Å². The summed E-state index contributed by atoms with van der Waals surface area (Å²) in [7, 11) is 0. The zero-order valence-corrected chi connectivity index (χ0v) is 14.2. The number of amidine groups is 1. The van der Waals surface area contributed by atoms with Gasteiger partial charge in [-0.05, 0) is 23.4 Å². The second kappa shape index (κ2) is 6.96. The van der Waals surface area contributed by atoms with Crippen LogP contribution in [0.2, 0.25) is 5.02 Å². The summed E-state index contributed by atoms with van der Waals surface area (Å²) < 4.78 is 17.8. The number of benzene rings is 1. The third-order valence-electron chi connectivity index (χ3n) is 3.05. The van der Waals surface area contributed by atoms with E-state index in [1.54, 1.807) is 20.8 Å². The number of nitrogens with one attached hydrogen (secondary N) is 1. The summed E-state index contributed by atoms with van der Waals surface area (Å²) >= 11 is 5.70. The van der Waals surface area contributed by atoms with Crippen LogP contribution in [0.4, 0.5) is 10.1 Å². The van der Waals surface area contributed by atoms with Crippen LogP contribution in [0.3, 0.4) is 0 Å². The fourth-order valence-corrected chi connectivity index (χ4v) is 1.87. The summed E-state index contributed by atoms with van der Waals surface area (Å²) in [6.07, 6.45) is 0. The van der Waals surface area contributed by atoms with E-state index >= 15 is 0 Å². The number of carbonyl (C=O) groups excluding carboxylic acids is 1.